The monoisotopic (exact) mass is 280 g/mol. The van der Waals surface area contributed by atoms with Gasteiger partial charge in [-0.2, -0.15) is 0 Å². The first-order valence-corrected chi connectivity index (χ1v) is 6.89. The predicted molar refractivity (Wildman–Crippen MR) is 79.4 cm³/mol. The van der Waals surface area contributed by atoms with E-state index in [1.165, 1.54) is 7.11 Å². The minimum Gasteiger partial charge on any atom is -0.493 e. The number of benzene rings is 1. The van der Waals surface area contributed by atoms with Gasteiger partial charge in [-0.3, -0.25) is 4.79 Å². The second kappa shape index (κ2) is 8.43. The fourth-order valence-electron chi connectivity index (χ4n) is 2.03. The van der Waals surface area contributed by atoms with Crippen molar-refractivity contribution < 1.29 is 14.3 Å². The molecule has 112 valence electrons. The molecule has 0 saturated heterocycles. The minimum atomic E-state index is -0.188. The maximum atomic E-state index is 12.3. The van der Waals surface area contributed by atoms with E-state index in [-0.39, 0.29) is 11.9 Å². The van der Waals surface area contributed by atoms with Gasteiger partial charge in [0.1, 0.15) is 0 Å². The van der Waals surface area contributed by atoms with Gasteiger partial charge in [0.2, 0.25) is 0 Å². The molecule has 5 nitrogen and oxygen atoms in total. The first-order chi connectivity index (χ1) is 9.67. The Morgan fingerprint density at radius 3 is 2.65 bits per heavy atom. The summed E-state index contributed by atoms with van der Waals surface area (Å²) in [6, 6.07) is 5.22. The highest BCUT2D eigenvalue weighted by Crippen LogP contribution is 2.30. The van der Waals surface area contributed by atoms with Crippen LogP contribution in [0.5, 0.6) is 11.5 Å². The normalized spacial score (nSPS) is 11.8. The van der Waals surface area contributed by atoms with E-state index in [0.717, 1.165) is 19.3 Å². The van der Waals surface area contributed by atoms with Crippen LogP contribution >= 0.6 is 0 Å². The summed E-state index contributed by atoms with van der Waals surface area (Å²) in [6.07, 6.45) is 3.00. The number of amides is 1. The smallest absolute Gasteiger partial charge is 0.255 e. The maximum Gasteiger partial charge on any atom is 0.255 e. The Labute approximate surface area is 120 Å². The lowest BCUT2D eigenvalue weighted by Crippen LogP contribution is -2.40. The second-order valence-corrected chi connectivity index (χ2v) is 4.59. The van der Waals surface area contributed by atoms with Crippen LogP contribution < -0.4 is 20.5 Å². The van der Waals surface area contributed by atoms with Crippen molar-refractivity contribution in [3.05, 3.63) is 23.8 Å². The van der Waals surface area contributed by atoms with Crippen LogP contribution in [0.1, 0.15) is 36.5 Å². The van der Waals surface area contributed by atoms with Crippen molar-refractivity contribution in [1.82, 2.24) is 5.32 Å². The van der Waals surface area contributed by atoms with Crippen LogP contribution in [0.4, 0.5) is 0 Å². The van der Waals surface area contributed by atoms with Crippen molar-refractivity contribution in [2.45, 2.75) is 32.2 Å². The average molecular weight is 280 g/mol. The molecule has 0 bridgehead atoms. The van der Waals surface area contributed by atoms with Crippen molar-refractivity contribution in [2.24, 2.45) is 5.73 Å². The Morgan fingerprint density at radius 2 is 2.10 bits per heavy atom. The number of methoxy groups -OCH3 is 2. The number of para-hydroxylation sites is 1. The number of nitrogens with one attached hydrogen (secondary N) is 1. The molecule has 1 atom stereocenters. The summed E-state index contributed by atoms with van der Waals surface area (Å²) in [4.78, 5) is 12.3. The number of rotatable bonds is 8. The quantitative estimate of drug-likeness (QED) is 0.763. The molecular weight excluding hydrogens is 256 g/mol. The molecule has 0 aliphatic heterocycles. The average Bonchev–Trinajstić information content (AvgIpc) is 2.49. The van der Waals surface area contributed by atoms with Crippen molar-refractivity contribution in [2.75, 3.05) is 20.8 Å². The highest BCUT2D eigenvalue weighted by molar-refractivity contribution is 5.98. The summed E-state index contributed by atoms with van der Waals surface area (Å²) in [6.45, 7) is 2.54. The number of carbonyl (C=O) groups excluding carboxylic acids is 1. The van der Waals surface area contributed by atoms with Gasteiger partial charge in [0.15, 0.2) is 11.5 Å². The highest BCUT2D eigenvalue weighted by atomic mass is 16.5. The topological polar surface area (TPSA) is 73.6 Å². The lowest BCUT2D eigenvalue weighted by atomic mass is 10.1. The van der Waals surface area contributed by atoms with E-state index in [9.17, 15) is 4.79 Å². The van der Waals surface area contributed by atoms with Crippen LogP contribution in [0, 0.1) is 0 Å². The van der Waals surface area contributed by atoms with Gasteiger partial charge in [-0.05, 0) is 18.6 Å². The van der Waals surface area contributed by atoms with Crippen LogP contribution in [0.15, 0.2) is 18.2 Å². The zero-order valence-corrected chi connectivity index (χ0v) is 12.4. The van der Waals surface area contributed by atoms with Gasteiger partial charge in [0, 0.05) is 12.6 Å². The standard InChI is InChI=1S/C15H24N2O3/c1-4-5-7-11(10-16)17-15(18)12-8-6-9-13(19-2)14(12)20-3/h6,8-9,11H,4-5,7,10,16H2,1-3H3,(H,17,18). The molecule has 0 spiro atoms. The molecule has 1 amide bonds. The third-order valence-electron chi connectivity index (χ3n) is 3.17. The van der Waals surface area contributed by atoms with E-state index in [1.807, 2.05) is 0 Å². The van der Waals surface area contributed by atoms with E-state index in [1.54, 1.807) is 25.3 Å². The molecule has 20 heavy (non-hydrogen) atoms. The largest absolute Gasteiger partial charge is 0.493 e. The van der Waals surface area contributed by atoms with Crippen LogP contribution in [0.3, 0.4) is 0 Å². The summed E-state index contributed by atoms with van der Waals surface area (Å²) < 4.78 is 10.5. The maximum absolute atomic E-state index is 12.3. The molecule has 0 aliphatic rings. The van der Waals surface area contributed by atoms with Gasteiger partial charge in [0.25, 0.3) is 5.91 Å². The van der Waals surface area contributed by atoms with Gasteiger partial charge in [0.05, 0.1) is 19.8 Å². The van der Waals surface area contributed by atoms with Crippen molar-refractivity contribution in [1.29, 1.82) is 0 Å². The Bertz CT molecular complexity index is 435. The number of hydrogen-bond donors (Lipinski definition) is 2. The molecule has 3 N–H and O–H groups in total. The SMILES string of the molecule is CCCCC(CN)NC(=O)c1cccc(OC)c1OC. The van der Waals surface area contributed by atoms with E-state index in [2.05, 4.69) is 12.2 Å². The van der Waals surface area contributed by atoms with E-state index >= 15 is 0 Å². The Hall–Kier alpha value is -1.75. The van der Waals surface area contributed by atoms with Crippen LogP contribution in [-0.4, -0.2) is 32.7 Å². The summed E-state index contributed by atoms with van der Waals surface area (Å²) in [5.74, 6) is 0.795. The van der Waals surface area contributed by atoms with E-state index < -0.39 is 0 Å². The Kier molecular flexibility index (Phi) is 6.87. The molecule has 0 heterocycles. The molecule has 0 fully saturated rings. The molecular formula is C15H24N2O3. The summed E-state index contributed by atoms with van der Waals surface area (Å²) >= 11 is 0. The van der Waals surface area contributed by atoms with Gasteiger partial charge in [-0.15, -0.1) is 0 Å². The third-order valence-corrected chi connectivity index (χ3v) is 3.17. The van der Waals surface area contributed by atoms with Crippen molar-refractivity contribution in [3.63, 3.8) is 0 Å². The zero-order chi connectivity index (χ0) is 15.0. The molecule has 1 unspecified atom stereocenters. The number of ether oxygens (including phenoxy) is 2. The summed E-state index contributed by atoms with van der Waals surface area (Å²) in [7, 11) is 3.07. The number of hydrogen-bond acceptors (Lipinski definition) is 4. The Balaban J connectivity index is 2.86. The first kappa shape index (κ1) is 16.3. The number of nitrogens with two attached hydrogens (primary N) is 1. The number of unbranched alkanes of at least 4 members (excludes halogenated alkanes) is 1. The lowest BCUT2D eigenvalue weighted by molar-refractivity contribution is 0.0932. The predicted octanol–water partition coefficient (Wildman–Crippen LogP) is 1.95. The molecule has 0 aliphatic carbocycles. The lowest BCUT2D eigenvalue weighted by Gasteiger charge is -2.18. The second-order valence-electron chi connectivity index (χ2n) is 4.59. The fraction of sp³-hybridized carbons (Fsp3) is 0.533. The molecule has 0 saturated carbocycles. The molecule has 0 radical (unpaired) electrons. The van der Waals surface area contributed by atoms with Gasteiger partial charge < -0.3 is 20.5 Å². The molecule has 5 heteroatoms. The number of carbonyl (C=O) groups is 1. The summed E-state index contributed by atoms with van der Waals surface area (Å²) in [5, 5.41) is 2.94. The third kappa shape index (κ3) is 4.13. The van der Waals surface area contributed by atoms with Crippen LogP contribution in [0.2, 0.25) is 0 Å². The molecule has 1 rings (SSSR count). The van der Waals surface area contributed by atoms with E-state index in [4.69, 9.17) is 15.2 Å². The van der Waals surface area contributed by atoms with Crippen LogP contribution in [0.25, 0.3) is 0 Å². The minimum absolute atomic E-state index is 0.0154. The van der Waals surface area contributed by atoms with Crippen molar-refractivity contribution >= 4 is 5.91 Å². The first-order valence-electron chi connectivity index (χ1n) is 6.89. The molecule has 0 aromatic heterocycles. The molecule has 1 aromatic carbocycles. The zero-order valence-electron chi connectivity index (χ0n) is 12.4. The highest BCUT2D eigenvalue weighted by Gasteiger charge is 2.18. The van der Waals surface area contributed by atoms with Gasteiger partial charge >= 0.3 is 0 Å². The van der Waals surface area contributed by atoms with Gasteiger partial charge in [-0.1, -0.05) is 25.8 Å². The van der Waals surface area contributed by atoms with Crippen molar-refractivity contribution in [3.8, 4) is 11.5 Å². The van der Waals surface area contributed by atoms with E-state index in [0.29, 0.717) is 23.6 Å². The van der Waals surface area contributed by atoms with Gasteiger partial charge in [-0.25, -0.2) is 0 Å². The fourth-order valence-corrected chi connectivity index (χ4v) is 2.03. The van der Waals surface area contributed by atoms with Crippen LogP contribution in [-0.2, 0) is 0 Å². The molecule has 1 aromatic rings. The Morgan fingerprint density at radius 1 is 1.35 bits per heavy atom. The summed E-state index contributed by atoms with van der Waals surface area (Å²) in [5.41, 5.74) is 6.16.